The summed E-state index contributed by atoms with van der Waals surface area (Å²) in [4.78, 5) is 10.5. The Bertz CT molecular complexity index is 3130. The zero-order chi connectivity index (χ0) is 35.6. The van der Waals surface area contributed by atoms with Gasteiger partial charge in [0.2, 0.25) is 0 Å². The minimum atomic E-state index is -0.407. The van der Waals surface area contributed by atoms with E-state index in [9.17, 15) is 0 Å². The van der Waals surface area contributed by atoms with Crippen LogP contribution in [0.5, 0.6) is 0 Å². The van der Waals surface area contributed by atoms with Gasteiger partial charge in [0.15, 0.2) is 5.84 Å². The van der Waals surface area contributed by atoms with E-state index in [0.717, 1.165) is 82.9 Å². The summed E-state index contributed by atoms with van der Waals surface area (Å²) in [5.41, 5.74) is 10.8. The average molecular weight is 694 g/mol. The number of rotatable bonds is 5. The molecule has 10 aromatic rings. The monoisotopic (exact) mass is 693 g/mol. The quantitative estimate of drug-likeness (QED) is 0.195. The maximum Gasteiger partial charge on any atom is 0.160 e. The molecule has 0 radical (unpaired) electrons. The second-order valence-electron chi connectivity index (χ2n) is 13.8. The van der Waals surface area contributed by atoms with E-state index in [1.807, 2.05) is 36.4 Å². The Labute approximate surface area is 310 Å². The molecule has 1 aliphatic heterocycles. The van der Waals surface area contributed by atoms with Crippen LogP contribution in [0.25, 0.3) is 76.9 Å². The molecule has 0 saturated heterocycles. The standard InChI is InChI=1S/C49H31N3O2/c1-2-9-30(10-3-1)32-17-19-33(20-18-32)35-23-26-40-45(28-35)54-43-16-8-14-41(46(40)43)49-51-47(36-22-21-31-11-4-5-12-34(31)27-36)50-48(52-49)37-24-25-39-38-13-6-7-15-42(38)53-44(39)29-37/h1-29,48H,(H,50,51,52). The average Bonchev–Trinajstić information content (AvgIpc) is 3.81. The van der Waals surface area contributed by atoms with Gasteiger partial charge in [0.25, 0.3) is 0 Å². The summed E-state index contributed by atoms with van der Waals surface area (Å²) < 4.78 is 12.9. The highest BCUT2D eigenvalue weighted by Crippen LogP contribution is 2.37. The van der Waals surface area contributed by atoms with Gasteiger partial charge in [-0.05, 0) is 69.4 Å². The number of hydrogen-bond acceptors (Lipinski definition) is 5. The number of fused-ring (bicyclic) bond motifs is 7. The first-order valence-corrected chi connectivity index (χ1v) is 18.2. The first kappa shape index (κ1) is 30.4. The van der Waals surface area contributed by atoms with Crippen LogP contribution in [0.3, 0.4) is 0 Å². The lowest BCUT2D eigenvalue weighted by Gasteiger charge is -2.24. The van der Waals surface area contributed by atoms with Crippen molar-refractivity contribution in [1.82, 2.24) is 5.32 Å². The van der Waals surface area contributed by atoms with Gasteiger partial charge in [-0.2, -0.15) is 0 Å². The Morgan fingerprint density at radius 2 is 1.07 bits per heavy atom. The van der Waals surface area contributed by atoms with E-state index in [1.54, 1.807) is 0 Å². The molecule has 0 amide bonds. The van der Waals surface area contributed by atoms with E-state index in [-0.39, 0.29) is 0 Å². The molecule has 1 atom stereocenters. The Kier molecular flexibility index (Phi) is 6.85. The smallest absolute Gasteiger partial charge is 0.160 e. The Morgan fingerprint density at radius 3 is 1.96 bits per heavy atom. The van der Waals surface area contributed by atoms with Crippen LogP contribution in [0, 0.1) is 0 Å². The number of aliphatic imine (C=N–C) groups is 2. The predicted octanol–water partition coefficient (Wildman–Crippen LogP) is 12.5. The van der Waals surface area contributed by atoms with Gasteiger partial charge in [0.05, 0.1) is 0 Å². The maximum atomic E-state index is 6.56. The Morgan fingerprint density at radius 1 is 0.426 bits per heavy atom. The van der Waals surface area contributed by atoms with Gasteiger partial charge >= 0.3 is 0 Å². The minimum absolute atomic E-state index is 0.407. The maximum absolute atomic E-state index is 6.56. The van der Waals surface area contributed by atoms with Crippen molar-refractivity contribution >= 4 is 66.3 Å². The first-order chi connectivity index (χ1) is 26.7. The number of hydrogen-bond donors (Lipinski definition) is 1. The summed E-state index contributed by atoms with van der Waals surface area (Å²) in [5, 5.41) is 10.2. The highest BCUT2D eigenvalue weighted by molar-refractivity contribution is 6.22. The highest BCUT2D eigenvalue weighted by Gasteiger charge is 2.24. The van der Waals surface area contributed by atoms with Crippen LogP contribution in [0.2, 0.25) is 0 Å². The summed E-state index contributed by atoms with van der Waals surface area (Å²) in [6.07, 6.45) is -0.407. The highest BCUT2D eigenvalue weighted by atomic mass is 16.3. The van der Waals surface area contributed by atoms with E-state index in [4.69, 9.17) is 18.8 Å². The fourth-order valence-electron chi connectivity index (χ4n) is 7.81. The molecule has 0 spiro atoms. The molecule has 5 nitrogen and oxygen atoms in total. The van der Waals surface area contributed by atoms with Gasteiger partial charge in [-0.25, -0.2) is 9.98 Å². The number of nitrogens with one attached hydrogen (secondary N) is 1. The molecule has 5 heteroatoms. The molecule has 2 aromatic heterocycles. The van der Waals surface area contributed by atoms with Crippen LogP contribution in [-0.4, -0.2) is 11.7 Å². The van der Waals surface area contributed by atoms with Crippen molar-refractivity contribution in [3.8, 4) is 22.3 Å². The van der Waals surface area contributed by atoms with Crippen LogP contribution in [-0.2, 0) is 0 Å². The summed E-state index contributed by atoms with van der Waals surface area (Å²) >= 11 is 0. The summed E-state index contributed by atoms with van der Waals surface area (Å²) in [6.45, 7) is 0. The second-order valence-corrected chi connectivity index (χ2v) is 13.8. The molecular weight excluding hydrogens is 663 g/mol. The van der Waals surface area contributed by atoms with Crippen molar-refractivity contribution in [1.29, 1.82) is 0 Å². The van der Waals surface area contributed by atoms with Gasteiger partial charge < -0.3 is 14.2 Å². The molecule has 11 rings (SSSR count). The summed E-state index contributed by atoms with van der Waals surface area (Å²) in [6, 6.07) is 61.1. The molecule has 1 N–H and O–H groups in total. The van der Waals surface area contributed by atoms with E-state index in [2.05, 4.69) is 145 Å². The third-order valence-corrected chi connectivity index (χ3v) is 10.5. The normalized spacial score (nSPS) is 14.5. The SMILES string of the molecule is c1ccc(-c2ccc(-c3ccc4c(c3)oc3cccc(C5=NC(c6ccc7c(c6)oc6ccccc67)NC(c6ccc7ccccc7c6)=N5)c34)cc2)cc1. The molecule has 3 heterocycles. The zero-order valence-corrected chi connectivity index (χ0v) is 29.0. The van der Waals surface area contributed by atoms with E-state index in [1.165, 1.54) is 16.5 Å². The molecule has 8 aromatic carbocycles. The Hall–Kier alpha value is -7.24. The fourth-order valence-corrected chi connectivity index (χ4v) is 7.81. The number of nitrogens with zero attached hydrogens (tertiary/aromatic N) is 2. The van der Waals surface area contributed by atoms with Gasteiger partial charge in [-0.15, -0.1) is 0 Å². The third-order valence-electron chi connectivity index (χ3n) is 10.5. The Balaban J connectivity index is 1.03. The van der Waals surface area contributed by atoms with Crippen molar-refractivity contribution < 1.29 is 8.83 Å². The molecule has 1 aliphatic rings. The van der Waals surface area contributed by atoms with Crippen LogP contribution in [0.1, 0.15) is 22.9 Å². The fraction of sp³-hybridized carbons (Fsp3) is 0.0204. The molecule has 54 heavy (non-hydrogen) atoms. The first-order valence-electron chi connectivity index (χ1n) is 18.2. The topological polar surface area (TPSA) is 63.0 Å². The van der Waals surface area contributed by atoms with Crippen molar-refractivity contribution in [2.24, 2.45) is 9.98 Å². The number of benzene rings is 8. The van der Waals surface area contributed by atoms with Crippen molar-refractivity contribution in [3.63, 3.8) is 0 Å². The van der Waals surface area contributed by atoms with Crippen molar-refractivity contribution in [2.75, 3.05) is 0 Å². The third kappa shape index (κ3) is 5.09. The summed E-state index contributed by atoms with van der Waals surface area (Å²) in [7, 11) is 0. The number of para-hydroxylation sites is 1. The molecule has 0 fully saturated rings. The molecule has 254 valence electrons. The van der Waals surface area contributed by atoms with Crippen LogP contribution < -0.4 is 5.32 Å². The van der Waals surface area contributed by atoms with Gasteiger partial charge in [0, 0.05) is 38.2 Å². The van der Waals surface area contributed by atoms with Crippen LogP contribution in [0.4, 0.5) is 0 Å². The molecule has 1 unspecified atom stereocenters. The van der Waals surface area contributed by atoms with E-state index < -0.39 is 6.17 Å². The van der Waals surface area contributed by atoms with Gasteiger partial charge in [-0.1, -0.05) is 140 Å². The lowest BCUT2D eigenvalue weighted by molar-refractivity contribution is 0.655. The second kappa shape index (κ2) is 12.2. The lowest BCUT2D eigenvalue weighted by Crippen LogP contribution is -2.33. The van der Waals surface area contributed by atoms with E-state index >= 15 is 0 Å². The van der Waals surface area contributed by atoms with Crippen molar-refractivity contribution in [2.45, 2.75) is 6.17 Å². The van der Waals surface area contributed by atoms with E-state index in [0.29, 0.717) is 5.84 Å². The van der Waals surface area contributed by atoms with Crippen molar-refractivity contribution in [3.05, 3.63) is 193 Å². The van der Waals surface area contributed by atoms with Crippen LogP contribution >= 0.6 is 0 Å². The summed E-state index contributed by atoms with van der Waals surface area (Å²) in [5.74, 6) is 1.40. The van der Waals surface area contributed by atoms with Gasteiger partial charge in [0.1, 0.15) is 34.3 Å². The van der Waals surface area contributed by atoms with Gasteiger partial charge in [-0.3, -0.25) is 0 Å². The predicted molar refractivity (Wildman–Crippen MR) is 221 cm³/mol. The molecule has 0 aliphatic carbocycles. The number of furan rings is 2. The minimum Gasteiger partial charge on any atom is -0.456 e. The molecule has 0 bridgehead atoms. The van der Waals surface area contributed by atoms with Crippen LogP contribution in [0.15, 0.2) is 195 Å². The molecule has 0 saturated carbocycles. The zero-order valence-electron chi connectivity index (χ0n) is 29.0. The molecular formula is C49H31N3O2. The largest absolute Gasteiger partial charge is 0.456 e. The number of amidine groups is 2. The lowest BCUT2D eigenvalue weighted by atomic mass is 9.98.